The standard InChI is InChI=1S/C62H57N3O/c1-38-33-49(41-25-29-44(30-26-41)60(5,6)7)54(37-48(38)40-17-12-11-13-18-40)64-52-21-16-20-46-50-35-45(61(8,9)10)36-51-53-34-42(39-23-27-43(28-24-39)59(2,3)4)31-32-63(53)62(56(50)51)65(57(46)52)58(64)47-19-14-15-22-55(47)66-62/h11-37H,1-10H3/q+2/i23D,24D,27D,28D,31D,32D,34D. The van der Waals surface area contributed by atoms with Crippen LogP contribution < -0.4 is 13.9 Å². The lowest BCUT2D eigenvalue weighted by atomic mass is 9.80. The van der Waals surface area contributed by atoms with E-state index in [0.717, 1.165) is 72.6 Å². The van der Waals surface area contributed by atoms with E-state index in [1.165, 1.54) is 5.56 Å². The first-order valence-electron chi connectivity index (χ1n) is 26.5. The van der Waals surface area contributed by atoms with E-state index in [0.29, 0.717) is 22.6 Å². The van der Waals surface area contributed by atoms with Crippen LogP contribution in [0.1, 0.15) is 99.7 Å². The highest BCUT2D eigenvalue weighted by Crippen LogP contribution is 2.55. The van der Waals surface area contributed by atoms with E-state index in [4.69, 9.17) is 4.74 Å². The molecule has 9 aromatic rings. The molecule has 0 amide bonds. The van der Waals surface area contributed by atoms with Gasteiger partial charge in [-0.15, -0.1) is 9.13 Å². The van der Waals surface area contributed by atoms with Crippen molar-refractivity contribution in [2.75, 3.05) is 0 Å². The number of rotatable bonds is 4. The molecule has 12 rings (SSSR count). The third-order valence-corrected chi connectivity index (χ3v) is 13.9. The number of ether oxygens (including phenoxy) is 1. The Balaban J connectivity index is 1.26. The molecular weight excluding hydrogens is 803 g/mol. The number of hydrogen-bond acceptors (Lipinski definition) is 1. The number of aryl methyl sites for hydroxylation is 1. The molecule has 0 N–H and O–H groups in total. The molecule has 0 radical (unpaired) electrons. The highest BCUT2D eigenvalue weighted by molar-refractivity contribution is 5.99. The molecule has 0 aliphatic carbocycles. The first-order valence-corrected chi connectivity index (χ1v) is 23.0. The highest BCUT2D eigenvalue weighted by atomic mass is 16.5. The third kappa shape index (κ3) is 5.76. The highest BCUT2D eigenvalue weighted by Gasteiger charge is 2.68. The Kier molecular flexibility index (Phi) is 6.97. The van der Waals surface area contributed by atoms with Crippen LogP contribution in [0.15, 0.2) is 164 Å². The molecule has 3 aliphatic heterocycles. The Hall–Kier alpha value is -7.04. The van der Waals surface area contributed by atoms with E-state index in [9.17, 15) is 9.60 Å². The van der Waals surface area contributed by atoms with Crippen molar-refractivity contribution in [1.29, 1.82) is 0 Å². The Bertz CT molecular complexity index is 3880. The fourth-order valence-electron chi connectivity index (χ4n) is 10.4. The lowest BCUT2D eigenvalue weighted by molar-refractivity contribution is -0.997. The van der Waals surface area contributed by atoms with Crippen LogP contribution in [0.25, 0.3) is 83.9 Å². The van der Waals surface area contributed by atoms with Gasteiger partial charge in [0.05, 0.1) is 13.8 Å². The van der Waals surface area contributed by atoms with E-state index < -0.39 is 17.3 Å². The average molecular weight is 867 g/mol. The maximum absolute atomic E-state index is 10.4. The molecule has 5 heterocycles. The lowest BCUT2D eigenvalue weighted by Gasteiger charge is -2.33. The van der Waals surface area contributed by atoms with Crippen molar-refractivity contribution < 1.29 is 23.5 Å². The molecular formula is C62H57N3O+2. The molecule has 66 heavy (non-hydrogen) atoms. The van der Waals surface area contributed by atoms with Crippen LogP contribution in [0.3, 0.4) is 0 Å². The van der Waals surface area contributed by atoms with Crippen molar-refractivity contribution in [2.45, 2.75) is 91.3 Å². The van der Waals surface area contributed by atoms with Crippen molar-refractivity contribution in [3.63, 3.8) is 0 Å². The molecule has 1 atom stereocenters. The predicted molar refractivity (Wildman–Crippen MR) is 270 cm³/mol. The molecule has 0 fully saturated rings. The van der Waals surface area contributed by atoms with Gasteiger partial charge in [-0.1, -0.05) is 159 Å². The summed E-state index contributed by atoms with van der Waals surface area (Å²) in [4.78, 5) is 0. The second kappa shape index (κ2) is 13.7. The van der Waals surface area contributed by atoms with Gasteiger partial charge in [0.1, 0.15) is 23.9 Å². The topological polar surface area (TPSA) is 21.9 Å². The van der Waals surface area contributed by atoms with E-state index >= 15 is 0 Å². The molecule has 0 saturated carbocycles. The fraction of sp³-hybridized carbons (Fsp3) is 0.226. The maximum atomic E-state index is 10.4. The second-order valence-corrected chi connectivity index (χ2v) is 21.4. The van der Waals surface area contributed by atoms with Gasteiger partial charge >= 0.3 is 11.7 Å². The van der Waals surface area contributed by atoms with Gasteiger partial charge < -0.3 is 4.74 Å². The van der Waals surface area contributed by atoms with Gasteiger partial charge in [-0.3, -0.25) is 0 Å². The molecule has 3 aliphatic rings. The average Bonchev–Trinajstić information content (AvgIpc) is 3.85. The number of imidazole rings is 1. The van der Waals surface area contributed by atoms with Crippen molar-refractivity contribution in [3.8, 4) is 78.6 Å². The summed E-state index contributed by atoms with van der Waals surface area (Å²) in [6.07, 6.45) is -0.295. The van der Waals surface area contributed by atoms with Gasteiger partial charge in [0.2, 0.25) is 5.69 Å². The van der Waals surface area contributed by atoms with Crippen LogP contribution in [0.4, 0.5) is 0 Å². The van der Waals surface area contributed by atoms with Crippen LogP contribution in [-0.4, -0.2) is 4.57 Å². The summed E-state index contributed by atoms with van der Waals surface area (Å²) < 4.78 is 81.7. The lowest BCUT2D eigenvalue weighted by Crippen LogP contribution is -2.78. The smallest absolute Gasteiger partial charge is 0.392 e. The first-order chi connectivity index (χ1) is 34.5. The minimum absolute atomic E-state index is 0.0469. The van der Waals surface area contributed by atoms with Crippen molar-refractivity contribution >= 4 is 11.0 Å². The molecule has 1 spiro atoms. The quantitative estimate of drug-likeness (QED) is 0.162. The molecule has 1 unspecified atom stereocenters. The predicted octanol–water partition coefficient (Wildman–Crippen LogP) is 14.6. The van der Waals surface area contributed by atoms with Crippen LogP contribution in [0.5, 0.6) is 5.75 Å². The van der Waals surface area contributed by atoms with Crippen LogP contribution in [0, 0.1) is 6.92 Å². The van der Waals surface area contributed by atoms with E-state index in [1.807, 2.05) is 45.0 Å². The second-order valence-electron chi connectivity index (χ2n) is 21.4. The Morgan fingerprint density at radius 1 is 0.530 bits per heavy atom. The van der Waals surface area contributed by atoms with Gasteiger partial charge in [-0.25, -0.2) is 0 Å². The van der Waals surface area contributed by atoms with Crippen LogP contribution in [0.2, 0.25) is 0 Å². The summed E-state index contributed by atoms with van der Waals surface area (Å²) in [5, 5.41) is 0. The van der Waals surface area contributed by atoms with Gasteiger partial charge in [0.15, 0.2) is 17.2 Å². The molecule has 2 aromatic heterocycles. The summed E-state index contributed by atoms with van der Waals surface area (Å²) in [5.41, 5.74) is 13.4. The van der Waals surface area contributed by atoms with Crippen molar-refractivity contribution in [3.05, 3.63) is 192 Å². The number of hydrogen-bond donors (Lipinski definition) is 0. The Morgan fingerprint density at radius 2 is 1.18 bits per heavy atom. The van der Waals surface area contributed by atoms with E-state index in [-0.39, 0.29) is 63.9 Å². The molecule has 7 aromatic carbocycles. The Morgan fingerprint density at radius 3 is 1.89 bits per heavy atom. The summed E-state index contributed by atoms with van der Waals surface area (Å²) in [7, 11) is 0. The van der Waals surface area contributed by atoms with Gasteiger partial charge in [0, 0.05) is 28.8 Å². The number of para-hydroxylation sites is 2. The minimum atomic E-state index is -1.69. The fourth-order valence-corrected chi connectivity index (χ4v) is 10.4. The monoisotopic (exact) mass is 866 g/mol. The first kappa shape index (κ1) is 33.4. The molecule has 324 valence electrons. The van der Waals surface area contributed by atoms with E-state index in [1.54, 1.807) is 4.57 Å². The molecule has 4 nitrogen and oxygen atoms in total. The zero-order valence-electron chi connectivity index (χ0n) is 46.3. The molecule has 4 heteroatoms. The Labute approximate surface area is 399 Å². The number of nitrogens with zero attached hydrogens (tertiary/aromatic N) is 3. The molecule has 0 bridgehead atoms. The van der Waals surface area contributed by atoms with Crippen molar-refractivity contribution in [1.82, 2.24) is 4.57 Å². The molecule has 0 saturated heterocycles. The van der Waals surface area contributed by atoms with Crippen LogP contribution in [-0.2, 0) is 22.1 Å². The van der Waals surface area contributed by atoms with Gasteiger partial charge in [-0.2, -0.15) is 4.57 Å². The van der Waals surface area contributed by atoms with Crippen molar-refractivity contribution in [2.24, 2.45) is 0 Å². The summed E-state index contributed by atoms with van der Waals surface area (Å²) >= 11 is 0. The zero-order valence-corrected chi connectivity index (χ0v) is 39.3. The number of fused-ring (bicyclic) bond motifs is 5. The summed E-state index contributed by atoms with van der Waals surface area (Å²) in [6.45, 7) is 20.9. The summed E-state index contributed by atoms with van der Waals surface area (Å²) in [5.74, 6) is -0.348. The van der Waals surface area contributed by atoms with Gasteiger partial charge in [-0.05, 0) is 122 Å². The SMILES string of the molecule is [2H]c1c([2H])c(C(C)(C)C)c([2H])c([2H])c1-c1c([2H])c([2H])[n+]2c(c1[2H])-c1cc(C(C)(C)C)cc3c1C21Oc2ccccc2-c2n(-c4cc(-c5ccccc5)c(C)cc4-c4ccc(C(C)(C)C)cc4)c4cccc-3c4[n+]21. The van der Waals surface area contributed by atoms with Gasteiger partial charge in [0.25, 0.3) is 0 Å². The summed E-state index contributed by atoms with van der Waals surface area (Å²) in [6, 6.07) is 40.9. The third-order valence-electron chi connectivity index (χ3n) is 13.9. The zero-order chi connectivity index (χ0) is 51.7. The van der Waals surface area contributed by atoms with Crippen LogP contribution >= 0.6 is 0 Å². The number of benzene rings is 7. The largest absolute Gasteiger partial charge is 0.499 e. The number of aromatic nitrogens is 3. The number of pyridine rings is 1. The van der Waals surface area contributed by atoms with E-state index in [2.05, 4.69) is 155 Å². The maximum Gasteiger partial charge on any atom is 0.499 e. The normalized spacial score (nSPS) is 17.1. The minimum Gasteiger partial charge on any atom is -0.392 e.